The number of hydrogen-bond acceptors (Lipinski definition) is 3. The van der Waals surface area contributed by atoms with Crippen LogP contribution in [0.15, 0.2) is 36.4 Å². The largest absolute Gasteiger partial charge is 0.483 e. The summed E-state index contributed by atoms with van der Waals surface area (Å²) < 4.78 is 5.65. The molecule has 0 aliphatic heterocycles. The second-order valence-electron chi connectivity index (χ2n) is 6.02. The molecule has 0 bridgehead atoms. The van der Waals surface area contributed by atoms with E-state index in [1.165, 1.54) is 0 Å². The highest BCUT2D eigenvalue weighted by Gasteiger charge is 2.43. The molecule has 3 rings (SSSR count). The molecule has 0 spiro atoms. The Morgan fingerprint density at radius 1 is 1.35 bits per heavy atom. The van der Waals surface area contributed by atoms with Crippen molar-refractivity contribution in [3.63, 3.8) is 0 Å². The zero-order valence-corrected chi connectivity index (χ0v) is 13.6. The summed E-state index contributed by atoms with van der Waals surface area (Å²) in [7, 11) is 0. The van der Waals surface area contributed by atoms with E-state index in [-0.39, 0.29) is 18.4 Å². The van der Waals surface area contributed by atoms with Crippen molar-refractivity contribution in [1.82, 2.24) is 5.32 Å². The highest BCUT2D eigenvalue weighted by atomic mass is 35.5. The van der Waals surface area contributed by atoms with Gasteiger partial charge in [0.1, 0.15) is 11.3 Å². The van der Waals surface area contributed by atoms with Crippen LogP contribution in [0, 0.1) is 17.2 Å². The van der Waals surface area contributed by atoms with Crippen LogP contribution in [0.3, 0.4) is 0 Å². The lowest BCUT2D eigenvalue weighted by Gasteiger charge is -2.22. The number of carbonyl (C=O) groups excluding carboxylic acids is 1. The van der Waals surface area contributed by atoms with Gasteiger partial charge in [-0.15, -0.1) is 0 Å². The lowest BCUT2D eigenvalue weighted by Crippen LogP contribution is -2.48. The van der Waals surface area contributed by atoms with Crippen LogP contribution in [0.2, 0.25) is 5.02 Å². The summed E-state index contributed by atoms with van der Waals surface area (Å²) in [6.07, 6.45) is 1.96. The Bertz CT molecular complexity index is 795. The van der Waals surface area contributed by atoms with Crippen molar-refractivity contribution < 1.29 is 9.53 Å². The third-order valence-electron chi connectivity index (χ3n) is 4.21. The number of nitrogens with zero attached hydrogens (tertiary/aromatic N) is 1. The summed E-state index contributed by atoms with van der Waals surface area (Å²) in [5.41, 5.74) is -0.803. The molecule has 5 heteroatoms. The van der Waals surface area contributed by atoms with E-state index in [4.69, 9.17) is 16.3 Å². The number of ether oxygens (including phenoxy) is 1. The molecule has 0 unspecified atom stereocenters. The Morgan fingerprint density at radius 3 is 2.70 bits per heavy atom. The van der Waals surface area contributed by atoms with Gasteiger partial charge in [-0.3, -0.25) is 4.79 Å². The average molecular weight is 329 g/mol. The van der Waals surface area contributed by atoms with E-state index in [1.54, 1.807) is 19.1 Å². The Labute approximate surface area is 140 Å². The van der Waals surface area contributed by atoms with Crippen molar-refractivity contribution in [2.24, 2.45) is 5.92 Å². The third-order valence-corrected chi connectivity index (χ3v) is 4.54. The molecule has 23 heavy (non-hydrogen) atoms. The van der Waals surface area contributed by atoms with Gasteiger partial charge in [0, 0.05) is 15.8 Å². The van der Waals surface area contributed by atoms with Gasteiger partial charge in [-0.1, -0.05) is 35.9 Å². The maximum atomic E-state index is 12.1. The molecule has 0 heterocycles. The van der Waals surface area contributed by atoms with Crippen LogP contribution in [0.25, 0.3) is 10.8 Å². The first-order valence-electron chi connectivity index (χ1n) is 7.56. The zero-order valence-electron chi connectivity index (χ0n) is 12.8. The van der Waals surface area contributed by atoms with Crippen molar-refractivity contribution >= 4 is 28.3 Å². The average Bonchev–Trinajstić information content (AvgIpc) is 3.40. The summed E-state index contributed by atoms with van der Waals surface area (Å²) in [5, 5.41) is 14.4. The predicted octanol–water partition coefficient (Wildman–Crippen LogP) is 3.68. The van der Waals surface area contributed by atoms with Crippen molar-refractivity contribution in [1.29, 1.82) is 5.26 Å². The van der Waals surface area contributed by atoms with Gasteiger partial charge >= 0.3 is 0 Å². The molecule has 1 saturated carbocycles. The van der Waals surface area contributed by atoms with Crippen LogP contribution in [0.4, 0.5) is 0 Å². The molecule has 118 valence electrons. The minimum absolute atomic E-state index is 0.129. The van der Waals surface area contributed by atoms with Gasteiger partial charge in [0.05, 0.1) is 6.07 Å². The van der Waals surface area contributed by atoms with Gasteiger partial charge in [-0.2, -0.15) is 5.26 Å². The molecule has 1 N–H and O–H groups in total. The molecule has 1 aliphatic carbocycles. The Kier molecular flexibility index (Phi) is 4.14. The van der Waals surface area contributed by atoms with Crippen LogP contribution in [0.5, 0.6) is 5.75 Å². The van der Waals surface area contributed by atoms with Crippen molar-refractivity contribution in [3.8, 4) is 11.8 Å². The molecule has 0 radical (unpaired) electrons. The van der Waals surface area contributed by atoms with Gasteiger partial charge in [-0.05, 0) is 37.8 Å². The summed E-state index contributed by atoms with van der Waals surface area (Å²) in [6, 6.07) is 13.3. The fourth-order valence-electron chi connectivity index (χ4n) is 2.71. The van der Waals surface area contributed by atoms with E-state index in [0.717, 1.165) is 23.6 Å². The number of hydrogen-bond donors (Lipinski definition) is 1. The molecule has 1 atom stereocenters. The summed E-state index contributed by atoms with van der Waals surface area (Å²) >= 11 is 6.17. The molecular weight excluding hydrogens is 312 g/mol. The summed E-state index contributed by atoms with van der Waals surface area (Å²) in [4.78, 5) is 12.1. The normalized spacial score (nSPS) is 16.4. The van der Waals surface area contributed by atoms with E-state index in [0.29, 0.717) is 10.8 Å². The maximum absolute atomic E-state index is 12.1. The monoisotopic (exact) mass is 328 g/mol. The minimum Gasteiger partial charge on any atom is -0.483 e. The number of benzene rings is 2. The Balaban J connectivity index is 1.70. The minimum atomic E-state index is -0.803. The van der Waals surface area contributed by atoms with Crippen molar-refractivity contribution in [2.75, 3.05) is 6.61 Å². The van der Waals surface area contributed by atoms with Crippen LogP contribution < -0.4 is 10.1 Å². The number of nitrogens with one attached hydrogen (secondary N) is 1. The molecule has 2 aromatic rings. The highest BCUT2D eigenvalue weighted by Crippen LogP contribution is 2.39. The van der Waals surface area contributed by atoms with Crippen LogP contribution >= 0.6 is 11.6 Å². The van der Waals surface area contributed by atoms with Crippen LogP contribution in [-0.4, -0.2) is 18.1 Å². The van der Waals surface area contributed by atoms with Crippen LogP contribution in [-0.2, 0) is 4.79 Å². The predicted molar refractivity (Wildman–Crippen MR) is 89.3 cm³/mol. The van der Waals surface area contributed by atoms with Gasteiger partial charge in [-0.25, -0.2) is 0 Å². The standard InChI is InChI=1S/C18H17ClN2O2/c1-18(11-20,12-6-7-12)21-17(22)10-23-16-9-8-15(19)13-4-2-3-5-14(13)16/h2-5,8-9,12H,6-7,10H2,1H3,(H,21,22)/t18-/m0/s1. The smallest absolute Gasteiger partial charge is 0.259 e. The zero-order chi connectivity index (χ0) is 16.4. The molecule has 2 aromatic carbocycles. The van der Waals surface area contributed by atoms with E-state index >= 15 is 0 Å². The topological polar surface area (TPSA) is 62.1 Å². The highest BCUT2D eigenvalue weighted by molar-refractivity contribution is 6.35. The number of nitriles is 1. The van der Waals surface area contributed by atoms with Crippen molar-refractivity contribution in [2.45, 2.75) is 25.3 Å². The molecule has 0 saturated heterocycles. The van der Waals surface area contributed by atoms with Gasteiger partial charge in [0.15, 0.2) is 6.61 Å². The second-order valence-corrected chi connectivity index (χ2v) is 6.42. The Hall–Kier alpha value is -2.25. The van der Waals surface area contributed by atoms with E-state index in [9.17, 15) is 10.1 Å². The molecule has 0 aromatic heterocycles. The molecule has 1 fully saturated rings. The lowest BCUT2D eigenvalue weighted by molar-refractivity contribution is -0.124. The molecule has 4 nitrogen and oxygen atoms in total. The quantitative estimate of drug-likeness (QED) is 0.910. The summed E-state index contributed by atoms with van der Waals surface area (Å²) in [6.45, 7) is 1.63. The maximum Gasteiger partial charge on any atom is 0.259 e. The fourth-order valence-corrected chi connectivity index (χ4v) is 2.94. The molecule has 1 aliphatic rings. The van der Waals surface area contributed by atoms with Gasteiger partial charge in [0.25, 0.3) is 5.91 Å². The van der Waals surface area contributed by atoms with Gasteiger partial charge in [0.2, 0.25) is 0 Å². The van der Waals surface area contributed by atoms with Crippen molar-refractivity contribution in [3.05, 3.63) is 41.4 Å². The number of halogens is 1. The molecule has 1 amide bonds. The first kappa shape index (κ1) is 15.6. The second kappa shape index (κ2) is 6.10. The van der Waals surface area contributed by atoms with Crippen LogP contribution in [0.1, 0.15) is 19.8 Å². The molecular formula is C18H17ClN2O2. The number of amides is 1. The van der Waals surface area contributed by atoms with Gasteiger partial charge < -0.3 is 10.1 Å². The number of rotatable bonds is 5. The number of carbonyl (C=O) groups is 1. The first-order valence-corrected chi connectivity index (χ1v) is 7.93. The van der Waals surface area contributed by atoms with E-state index in [2.05, 4.69) is 11.4 Å². The van der Waals surface area contributed by atoms with E-state index < -0.39 is 5.54 Å². The fraction of sp³-hybridized carbons (Fsp3) is 0.333. The third kappa shape index (κ3) is 3.25. The Morgan fingerprint density at radius 2 is 2.04 bits per heavy atom. The SMILES string of the molecule is C[C@@](C#N)(NC(=O)COc1ccc(Cl)c2ccccc12)C1CC1. The lowest BCUT2D eigenvalue weighted by atomic mass is 9.98. The number of fused-ring (bicyclic) bond motifs is 1. The summed E-state index contributed by atoms with van der Waals surface area (Å²) in [5.74, 6) is 0.554. The first-order chi connectivity index (χ1) is 11.0. The van der Waals surface area contributed by atoms with E-state index in [1.807, 2.05) is 24.3 Å².